The number of hydrogen-bond acceptors (Lipinski definition) is 4. The van der Waals surface area contributed by atoms with Crippen molar-refractivity contribution in [3.63, 3.8) is 0 Å². The largest absolute Gasteiger partial charge is 0.374 e. The topological polar surface area (TPSA) is 87.3 Å². The molecule has 0 radical (unpaired) electrons. The lowest BCUT2D eigenvalue weighted by Gasteiger charge is -2.23. The van der Waals surface area contributed by atoms with Crippen molar-refractivity contribution in [1.29, 1.82) is 0 Å². The van der Waals surface area contributed by atoms with Crippen molar-refractivity contribution in [2.24, 2.45) is 0 Å². The number of piperidine rings is 1. The van der Waals surface area contributed by atoms with E-state index in [4.69, 9.17) is 23.2 Å². The first-order valence-electron chi connectivity index (χ1n) is 6.24. The van der Waals surface area contributed by atoms with Crippen molar-refractivity contribution in [1.82, 2.24) is 5.32 Å². The molecule has 8 heteroatoms. The lowest BCUT2D eigenvalue weighted by atomic mass is 10.1. The van der Waals surface area contributed by atoms with E-state index >= 15 is 0 Å². The minimum absolute atomic E-state index is 0.164. The lowest BCUT2D eigenvalue weighted by Crippen LogP contribution is -2.47. The van der Waals surface area contributed by atoms with Crippen molar-refractivity contribution in [3.8, 4) is 0 Å². The van der Waals surface area contributed by atoms with Crippen molar-refractivity contribution >= 4 is 52.3 Å². The Morgan fingerprint density at radius 3 is 2.67 bits per heavy atom. The number of rotatable bonds is 4. The number of anilines is 2. The smallest absolute Gasteiger partial charge is 0.249 e. The van der Waals surface area contributed by atoms with E-state index < -0.39 is 6.04 Å². The lowest BCUT2D eigenvalue weighted by molar-refractivity contribution is -0.133. The predicted molar refractivity (Wildman–Crippen MR) is 80.6 cm³/mol. The van der Waals surface area contributed by atoms with Crippen molar-refractivity contribution in [3.05, 3.63) is 23.2 Å². The Kier molecular flexibility index (Phi) is 5.03. The van der Waals surface area contributed by atoms with Gasteiger partial charge in [0.15, 0.2) is 0 Å². The number of nitrogens with one attached hydrogen (secondary N) is 3. The molecule has 2 rings (SSSR count). The van der Waals surface area contributed by atoms with Crippen LogP contribution in [0, 0.1) is 0 Å². The highest BCUT2D eigenvalue weighted by molar-refractivity contribution is 6.31. The molecule has 6 nitrogen and oxygen atoms in total. The average Bonchev–Trinajstić information content (AvgIpc) is 2.41. The molecule has 0 saturated carbocycles. The molecule has 1 heterocycles. The molecule has 1 saturated heterocycles. The van der Waals surface area contributed by atoms with E-state index in [1.54, 1.807) is 18.2 Å². The normalized spacial score (nSPS) is 18.1. The molecule has 0 spiro atoms. The minimum atomic E-state index is -0.516. The van der Waals surface area contributed by atoms with E-state index in [1.165, 1.54) is 0 Å². The van der Waals surface area contributed by atoms with Gasteiger partial charge in [0.2, 0.25) is 17.7 Å². The molecular formula is C13H13Cl2N3O3. The highest BCUT2D eigenvalue weighted by atomic mass is 35.5. The molecule has 1 fully saturated rings. The number of hydrogen-bond donors (Lipinski definition) is 3. The van der Waals surface area contributed by atoms with Crippen LogP contribution in [-0.2, 0) is 14.4 Å². The monoisotopic (exact) mass is 329 g/mol. The third-order valence-corrected chi connectivity index (χ3v) is 3.34. The number of amides is 3. The Balaban J connectivity index is 2.11. The summed E-state index contributed by atoms with van der Waals surface area (Å²) >= 11 is 11.4. The van der Waals surface area contributed by atoms with Crippen LogP contribution in [0.2, 0.25) is 5.02 Å². The summed E-state index contributed by atoms with van der Waals surface area (Å²) in [5, 5.41) is 8.23. The molecule has 3 amide bonds. The van der Waals surface area contributed by atoms with Gasteiger partial charge in [0.1, 0.15) is 11.9 Å². The van der Waals surface area contributed by atoms with Crippen LogP contribution in [0.3, 0.4) is 0 Å². The van der Waals surface area contributed by atoms with Crippen LogP contribution in [0.4, 0.5) is 11.4 Å². The average molecular weight is 330 g/mol. The fourth-order valence-corrected chi connectivity index (χ4v) is 2.27. The molecule has 0 bridgehead atoms. The zero-order valence-electron chi connectivity index (χ0n) is 10.9. The summed E-state index contributed by atoms with van der Waals surface area (Å²) in [5.41, 5.74) is 1.05. The maximum Gasteiger partial charge on any atom is 0.249 e. The first-order valence-corrected chi connectivity index (χ1v) is 7.16. The number of imide groups is 1. The fourth-order valence-electron chi connectivity index (χ4n) is 1.97. The van der Waals surface area contributed by atoms with Gasteiger partial charge < -0.3 is 10.6 Å². The van der Waals surface area contributed by atoms with Gasteiger partial charge in [-0.05, 0) is 24.6 Å². The summed E-state index contributed by atoms with van der Waals surface area (Å²) < 4.78 is 0. The maximum atomic E-state index is 11.7. The zero-order chi connectivity index (χ0) is 15.4. The van der Waals surface area contributed by atoms with E-state index in [1.807, 2.05) is 0 Å². The van der Waals surface area contributed by atoms with Crippen LogP contribution in [0.15, 0.2) is 18.2 Å². The van der Waals surface area contributed by atoms with Crippen LogP contribution in [0.1, 0.15) is 12.8 Å². The van der Waals surface area contributed by atoms with E-state index in [2.05, 4.69) is 16.0 Å². The Morgan fingerprint density at radius 1 is 1.29 bits per heavy atom. The minimum Gasteiger partial charge on any atom is -0.374 e. The molecule has 0 aliphatic carbocycles. The molecule has 112 valence electrons. The third-order valence-electron chi connectivity index (χ3n) is 2.88. The standard InChI is InChI=1S/C13H13Cl2N3O3/c14-6-12(20)17-9-4-7(15)3-8(5-9)16-10-1-2-11(19)18-13(10)21/h3-5,10,16H,1-2,6H2,(H,17,20)(H,18,19,21). The van der Waals surface area contributed by atoms with Gasteiger partial charge in [0.05, 0.1) is 0 Å². The van der Waals surface area contributed by atoms with Crippen LogP contribution in [0.25, 0.3) is 0 Å². The molecule has 1 atom stereocenters. The Morgan fingerprint density at radius 2 is 2.00 bits per heavy atom. The summed E-state index contributed by atoms with van der Waals surface area (Å²) in [5.74, 6) is -1.18. The van der Waals surface area contributed by atoms with Crippen LogP contribution in [0.5, 0.6) is 0 Å². The van der Waals surface area contributed by atoms with Gasteiger partial charge in [-0.25, -0.2) is 0 Å². The fraction of sp³-hybridized carbons (Fsp3) is 0.308. The summed E-state index contributed by atoms with van der Waals surface area (Å²) in [6.07, 6.45) is 0.681. The van der Waals surface area contributed by atoms with Crippen molar-refractivity contribution in [2.45, 2.75) is 18.9 Å². The number of carbonyl (C=O) groups is 3. The maximum absolute atomic E-state index is 11.7. The molecule has 1 aromatic rings. The van der Waals surface area contributed by atoms with Gasteiger partial charge >= 0.3 is 0 Å². The van der Waals surface area contributed by atoms with Crippen LogP contribution in [-0.4, -0.2) is 29.6 Å². The molecule has 1 unspecified atom stereocenters. The van der Waals surface area contributed by atoms with Crippen molar-refractivity contribution in [2.75, 3.05) is 16.5 Å². The summed E-state index contributed by atoms with van der Waals surface area (Å²) in [7, 11) is 0. The van der Waals surface area contributed by atoms with E-state index in [9.17, 15) is 14.4 Å². The molecule has 21 heavy (non-hydrogen) atoms. The van der Waals surface area contributed by atoms with Gasteiger partial charge in [-0.2, -0.15) is 0 Å². The van der Waals surface area contributed by atoms with Gasteiger partial charge in [0.25, 0.3) is 0 Å². The second kappa shape index (κ2) is 6.78. The van der Waals surface area contributed by atoms with Crippen LogP contribution >= 0.6 is 23.2 Å². The summed E-state index contributed by atoms with van der Waals surface area (Å²) in [6.45, 7) is 0. The molecule has 1 aromatic carbocycles. The van der Waals surface area contributed by atoms with Gasteiger partial charge in [-0.1, -0.05) is 11.6 Å². The van der Waals surface area contributed by atoms with E-state index in [-0.39, 0.29) is 30.0 Å². The second-order valence-corrected chi connectivity index (χ2v) is 5.26. The number of carbonyl (C=O) groups excluding carboxylic acids is 3. The first-order chi connectivity index (χ1) is 9.97. The highest BCUT2D eigenvalue weighted by Gasteiger charge is 2.26. The predicted octanol–water partition coefficient (Wildman–Crippen LogP) is 1.73. The van der Waals surface area contributed by atoms with Gasteiger partial charge in [-0.3, -0.25) is 19.7 Å². The first kappa shape index (κ1) is 15.6. The van der Waals surface area contributed by atoms with E-state index in [0.29, 0.717) is 22.8 Å². The third kappa shape index (κ3) is 4.34. The Bertz CT molecular complexity index is 592. The Hall–Kier alpha value is -1.79. The Labute approximate surface area is 131 Å². The van der Waals surface area contributed by atoms with Gasteiger partial charge in [-0.15, -0.1) is 11.6 Å². The number of benzene rings is 1. The molecule has 0 aromatic heterocycles. The van der Waals surface area contributed by atoms with E-state index in [0.717, 1.165) is 0 Å². The quantitative estimate of drug-likeness (QED) is 0.580. The zero-order valence-corrected chi connectivity index (χ0v) is 12.4. The molecular weight excluding hydrogens is 317 g/mol. The molecule has 3 N–H and O–H groups in total. The molecule has 1 aliphatic rings. The summed E-state index contributed by atoms with van der Waals surface area (Å²) in [4.78, 5) is 34.1. The number of halogens is 2. The second-order valence-electron chi connectivity index (χ2n) is 4.56. The van der Waals surface area contributed by atoms with Crippen molar-refractivity contribution < 1.29 is 14.4 Å². The summed E-state index contributed by atoms with van der Waals surface area (Å²) in [6, 6.07) is 4.32. The van der Waals surface area contributed by atoms with Gasteiger partial charge in [0, 0.05) is 22.8 Å². The molecule has 1 aliphatic heterocycles. The highest BCUT2D eigenvalue weighted by Crippen LogP contribution is 2.24. The van der Waals surface area contributed by atoms with Crippen LogP contribution < -0.4 is 16.0 Å². The number of alkyl halides is 1. The SMILES string of the molecule is O=C1CCC(Nc2cc(Cl)cc(NC(=O)CCl)c2)C(=O)N1.